The number of nitrogens with zero attached hydrogens (tertiary/aromatic N) is 2. The fourth-order valence-electron chi connectivity index (χ4n) is 3.10. The number of hydrogen-bond donors (Lipinski definition) is 0. The number of aromatic nitrogens is 2. The van der Waals surface area contributed by atoms with Gasteiger partial charge in [0.05, 0.1) is 11.4 Å². The fourth-order valence-corrected chi connectivity index (χ4v) is 3.27. The molecule has 0 amide bonds. The molecule has 3 heteroatoms. The summed E-state index contributed by atoms with van der Waals surface area (Å²) in [4.78, 5) is 9.00. The van der Waals surface area contributed by atoms with Gasteiger partial charge in [0.2, 0.25) is 5.28 Å². The van der Waals surface area contributed by atoms with Gasteiger partial charge in [-0.25, -0.2) is 9.97 Å². The van der Waals surface area contributed by atoms with E-state index in [-0.39, 0.29) is 5.41 Å². The van der Waals surface area contributed by atoms with Gasteiger partial charge in [0.15, 0.2) is 0 Å². The van der Waals surface area contributed by atoms with Crippen molar-refractivity contribution >= 4 is 28.4 Å². The van der Waals surface area contributed by atoms with Gasteiger partial charge in [0.1, 0.15) is 0 Å². The smallest absolute Gasteiger partial charge is 0.221 e. The van der Waals surface area contributed by atoms with Crippen LogP contribution in [-0.4, -0.2) is 9.97 Å². The molecule has 0 fully saturated rings. The molecule has 4 rings (SSSR count). The first-order valence-corrected chi connectivity index (χ1v) is 7.69. The van der Waals surface area contributed by atoms with Crippen LogP contribution in [0.1, 0.15) is 25.1 Å². The Kier molecular flexibility index (Phi) is 2.85. The van der Waals surface area contributed by atoms with Crippen molar-refractivity contribution in [1.29, 1.82) is 0 Å². The van der Waals surface area contributed by atoms with Crippen molar-refractivity contribution in [2.75, 3.05) is 0 Å². The fraction of sp³-hybridized carbons (Fsp3) is 0.158. The van der Waals surface area contributed by atoms with Gasteiger partial charge in [-0.1, -0.05) is 68.5 Å². The molecule has 3 aromatic rings. The van der Waals surface area contributed by atoms with E-state index in [1.54, 1.807) is 0 Å². The number of hydrogen-bond acceptors (Lipinski definition) is 2. The molecule has 108 valence electrons. The van der Waals surface area contributed by atoms with Crippen LogP contribution in [0.25, 0.3) is 28.1 Å². The van der Waals surface area contributed by atoms with Gasteiger partial charge >= 0.3 is 0 Å². The summed E-state index contributed by atoms with van der Waals surface area (Å²) in [5.41, 5.74) is 3.97. The Balaban J connectivity index is 2.07. The summed E-state index contributed by atoms with van der Waals surface area (Å²) in [6.07, 6.45) is 4.28. The summed E-state index contributed by atoms with van der Waals surface area (Å²) in [5, 5.41) is 2.68. The molecule has 0 N–H and O–H groups in total. The van der Waals surface area contributed by atoms with Crippen LogP contribution in [0.5, 0.6) is 0 Å². The first-order valence-electron chi connectivity index (χ1n) is 7.32. The zero-order valence-electron chi connectivity index (χ0n) is 12.5. The lowest BCUT2D eigenvalue weighted by Crippen LogP contribution is -2.14. The standard InChI is InChI=1S/C19H15ClN2/c1-19(2)11-10-15-16(21-18(20)22-17(15)19)14-9-5-7-12-6-3-4-8-13(12)14/h3-11H,1-2H3. The van der Waals surface area contributed by atoms with E-state index >= 15 is 0 Å². The molecule has 1 aromatic heterocycles. The first kappa shape index (κ1) is 13.5. The Morgan fingerprint density at radius 2 is 1.73 bits per heavy atom. The molecule has 1 heterocycles. The second kappa shape index (κ2) is 4.65. The highest BCUT2D eigenvalue weighted by Crippen LogP contribution is 2.40. The summed E-state index contributed by atoms with van der Waals surface area (Å²) in [6.45, 7) is 4.29. The zero-order chi connectivity index (χ0) is 15.3. The van der Waals surface area contributed by atoms with Crippen molar-refractivity contribution in [3.8, 4) is 11.3 Å². The third-order valence-corrected chi connectivity index (χ3v) is 4.41. The van der Waals surface area contributed by atoms with Crippen molar-refractivity contribution < 1.29 is 0 Å². The van der Waals surface area contributed by atoms with Crippen molar-refractivity contribution in [2.24, 2.45) is 0 Å². The first-order chi connectivity index (χ1) is 10.6. The van der Waals surface area contributed by atoms with Gasteiger partial charge in [-0.15, -0.1) is 0 Å². The molecule has 0 saturated heterocycles. The van der Waals surface area contributed by atoms with E-state index in [1.165, 1.54) is 10.8 Å². The van der Waals surface area contributed by atoms with Gasteiger partial charge in [-0.2, -0.15) is 0 Å². The number of halogens is 1. The molecule has 0 spiro atoms. The van der Waals surface area contributed by atoms with Crippen LogP contribution in [0.2, 0.25) is 5.28 Å². The molecule has 1 aliphatic carbocycles. The molecule has 1 aliphatic rings. The van der Waals surface area contributed by atoms with Crippen molar-refractivity contribution in [2.45, 2.75) is 19.3 Å². The molecule has 22 heavy (non-hydrogen) atoms. The van der Waals surface area contributed by atoms with Crippen molar-refractivity contribution in [1.82, 2.24) is 9.97 Å². The summed E-state index contributed by atoms with van der Waals surface area (Å²) in [6, 6.07) is 14.6. The zero-order valence-corrected chi connectivity index (χ0v) is 13.2. The van der Waals surface area contributed by atoms with E-state index in [0.29, 0.717) is 5.28 Å². The van der Waals surface area contributed by atoms with E-state index in [1.807, 2.05) is 6.07 Å². The monoisotopic (exact) mass is 306 g/mol. The normalized spacial score (nSPS) is 15.2. The lowest BCUT2D eigenvalue weighted by molar-refractivity contribution is 0.654. The van der Waals surface area contributed by atoms with Crippen molar-refractivity contribution in [3.63, 3.8) is 0 Å². The predicted octanol–water partition coefficient (Wildman–Crippen LogP) is 5.25. The number of allylic oxidation sites excluding steroid dienone is 1. The molecule has 2 nitrogen and oxygen atoms in total. The maximum absolute atomic E-state index is 6.21. The molecular formula is C19H15ClN2. The van der Waals surface area contributed by atoms with E-state index in [2.05, 4.69) is 72.4 Å². The van der Waals surface area contributed by atoms with Crippen LogP contribution in [-0.2, 0) is 5.41 Å². The SMILES string of the molecule is CC1(C)C=Cc2c(-c3cccc4ccccc34)nc(Cl)nc21. The quantitative estimate of drug-likeness (QED) is 0.573. The van der Waals surface area contributed by atoms with Gasteiger partial charge < -0.3 is 0 Å². The Morgan fingerprint density at radius 3 is 2.59 bits per heavy atom. The summed E-state index contributed by atoms with van der Waals surface area (Å²) < 4.78 is 0. The summed E-state index contributed by atoms with van der Waals surface area (Å²) >= 11 is 6.21. The molecule has 2 aromatic carbocycles. The molecule has 0 radical (unpaired) electrons. The lowest BCUT2D eigenvalue weighted by atomic mass is 9.90. The van der Waals surface area contributed by atoms with Crippen LogP contribution in [0.15, 0.2) is 48.5 Å². The van der Waals surface area contributed by atoms with Crippen LogP contribution < -0.4 is 0 Å². The number of fused-ring (bicyclic) bond motifs is 2. The topological polar surface area (TPSA) is 25.8 Å². The Bertz CT molecular complexity index is 921. The third-order valence-electron chi connectivity index (χ3n) is 4.24. The largest absolute Gasteiger partial charge is 0.223 e. The second-order valence-corrected chi connectivity index (χ2v) is 6.52. The maximum atomic E-state index is 6.21. The summed E-state index contributed by atoms with van der Waals surface area (Å²) in [7, 11) is 0. The van der Waals surface area contributed by atoms with E-state index < -0.39 is 0 Å². The molecule has 0 unspecified atom stereocenters. The lowest BCUT2D eigenvalue weighted by Gasteiger charge is -2.18. The second-order valence-electron chi connectivity index (χ2n) is 6.19. The van der Waals surface area contributed by atoms with Gasteiger partial charge in [-0.05, 0) is 22.4 Å². The average Bonchev–Trinajstić information content (AvgIpc) is 2.81. The number of benzene rings is 2. The van der Waals surface area contributed by atoms with Crippen molar-refractivity contribution in [3.05, 3.63) is 65.1 Å². The van der Waals surface area contributed by atoms with Crippen LogP contribution in [0, 0.1) is 0 Å². The highest BCUT2D eigenvalue weighted by molar-refractivity contribution is 6.28. The van der Waals surface area contributed by atoms with Gasteiger partial charge in [0.25, 0.3) is 0 Å². The average molecular weight is 307 g/mol. The molecule has 0 saturated carbocycles. The van der Waals surface area contributed by atoms with Gasteiger partial charge in [0, 0.05) is 16.5 Å². The highest BCUT2D eigenvalue weighted by atomic mass is 35.5. The Hall–Kier alpha value is -2.19. The minimum absolute atomic E-state index is 0.110. The van der Waals surface area contributed by atoms with Crippen LogP contribution >= 0.6 is 11.6 Å². The molecule has 0 aliphatic heterocycles. The predicted molar refractivity (Wildman–Crippen MR) is 92.0 cm³/mol. The number of rotatable bonds is 1. The highest BCUT2D eigenvalue weighted by Gasteiger charge is 2.30. The van der Waals surface area contributed by atoms with E-state index in [0.717, 1.165) is 22.5 Å². The van der Waals surface area contributed by atoms with E-state index in [9.17, 15) is 0 Å². The minimum Gasteiger partial charge on any atom is -0.221 e. The van der Waals surface area contributed by atoms with Crippen LogP contribution in [0.4, 0.5) is 0 Å². The minimum atomic E-state index is -0.110. The molecule has 0 atom stereocenters. The van der Waals surface area contributed by atoms with Crippen LogP contribution in [0.3, 0.4) is 0 Å². The summed E-state index contributed by atoms with van der Waals surface area (Å²) in [5.74, 6) is 0. The Labute approximate surface area is 134 Å². The Morgan fingerprint density at radius 1 is 0.955 bits per heavy atom. The third kappa shape index (κ3) is 1.95. The molecule has 0 bridgehead atoms. The van der Waals surface area contributed by atoms with E-state index in [4.69, 9.17) is 11.6 Å². The molecular weight excluding hydrogens is 292 g/mol. The van der Waals surface area contributed by atoms with Gasteiger partial charge in [-0.3, -0.25) is 0 Å². The maximum Gasteiger partial charge on any atom is 0.223 e.